The lowest BCUT2D eigenvalue weighted by Gasteiger charge is -2.14. The zero-order valence-corrected chi connectivity index (χ0v) is 6.53. The minimum atomic E-state index is -2.78. The molecule has 0 N–H and O–H groups in total. The standard InChI is InChI=1S/C6H11O2S/c1-6(2)4-3-5-9(6,7)8/h4H,3,5H2,1-2H3. The quantitative estimate of drug-likeness (QED) is 0.507. The molecule has 0 aromatic carbocycles. The van der Waals surface area contributed by atoms with Gasteiger partial charge in [0.05, 0.1) is 10.5 Å². The molecular weight excluding hydrogens is 136 g/mol. The third-order valence-electron chi connectivity index (χ3n) is 1.82. The molecule has 0 bridgehead atoms. The smallest absolute Gasteiger partial charge is 0.155 e. The maximum absolute atomic E-state index is 11.1. The van der Waals surface area contributed by atoms with Gasteiger partial charge in [0.15, 0.2) is 9.84 Å². The van der Waals surface area contributed by atoms with Crippen LogP contribution in [-0.4, -0.2) is 18.9 Å². The molecule has 0 unspecified atom stereocenters. The van der Waals surface area contributed by atoms with E-state index in [1.54, 1.807) is 13.8 Å². The van der Waals surface area contributed by atoms with Gasteiger partial charge in [-0.1, -0.05) is 0 Å². The predicted molar refractivity (Wildman–Crippen MR) is 36.8 cm³/mol. The number of hydrogen-bond donors (Lipinski definition) is 0. The third kappa shape index (κ3) is 0.980. The SMILES string of the molecule is CC1(C)[CH]CCS1(=O)=O. The van der Waals surface area contributed by atoms with Crippen molar-refractivity contribution in [3.05, 3.63) is 6.42 Å². The molecule has 0 spiro atoms. The van der Waals surface area contributed by atoms with Gasteiger partial charge in [0.1, 0.15) is 0 Å². The first-order chi connectivity index (χ1) is 3.96. The van der Waals surface area contributed by atoms with E-state index in [2.05, 4.69) is 0 Å². The Morgan fingerprint density at radius 3 is 2.11 bits per heavy atom. The Balaban J connectivity index is 3.03. The fourth-order valence-electron chi connectivity index (χ4n) is 0.952. The summed E-state index contributed by atoms with van der Waals surface area (Å²) in [4.78, 5) is 0. The topological polar surface area (TPSA) is 34.1 Å². The Morgan fingerprint density at radius 2 is 2.00 bits per heavy atom. The first-order valence-corrected chi connectivity index (χ1v) is 4.68. The van der Waals surface area contributed by atoms with Crippen LogP contribution in [0, 0.1) is 6.42 Å². The lowest BCUT2D eigenvalue weighted by molar-refractivity contribution is 0.578. The molecule has 0 aliphatic carbocycles. The van der Waals surface area contributed by atoms with Crippen molar-refractivity contribution in [3.8, 4) is 0 Å². The second kappa shape index (κ2) is 1.72. The van der Waals surface area contributed by atoms with Gasteiger partial charge in [-0.3, -0.25) is 0 Å². The highest BCUT2D eigenvalue weighted by Crippen LogP contribution is 2.29. The van der Waals surface area contributed by atoms with Crippen LogP contribution in [0.3, 0.4) is 0 Å². The highest BCUT2D eigenvalue weighted by atomic mass is 32.2. The molecule has 0 aromatic heterocycles. The fourth-order valence-corrected chi connectivity index (χ4v) is 2.28. The van der Waals surface area contributed by atoms with Gasteiger partial charge in [-0.05, 0) is 26.7 Å². The third-order valence-corrected chi connectivity index (χ3v) is 4.37. The summed E-state index contributed by atoms with van der Waals surface area (Å²) in [5.41, 5.74) is 0. The van der Waals surface area contributed by atoms with Crippen LogP contribution in [0.1, 0.15) is 20.3 Å². The molecule has 3 heteroatoms. The van der Waals surface area contributed by atoms with Crippen LogP contribution in [0.4, 0.5) is 0 Å². The first kappa shape index (κ1) is 7.06. The second-order valence-electron chi connectivity index (χ2n) is 2.92. The van der Waals surface area contributed by atoms with Gasteiger partial charge in [0, 0.05) is 0 Å². The van der Waals surface area contributed by atoms with Gasteiger partial charge < -0.3 is 0 Å². The average Bonchev–Trinajstić information content (AvgIpc) is 1.81. The monoisotopic (exact) mass is 147 g/mol. The molecule has 2 nitrogen and oxygen atoms in total. The lowest BCUT2D eigenvalue weighted by Crippen LogP contribution is -2.26. The first-order valence-electron chi connectivity index (χ1n) is 3.02. The van der Waals surface area contributed by atoms with Gasteiger partial charge in [-0.25, -0.2) is 8.42 Å². The molecule has 0 aromatic rings. The molecule has 1 aliphatic heterocycles. The second-order valence-corrected chi connectivity index (χ2v) is 5.61. The lowest BCUT2D eigenvalue weighted by atomic mass is 10.1. The van der Waals surface area contributed by atoms with Gasteiger partial charge in [0.25, 0.3) is 0 Å². The van der Waals surface area contributed by atoms with Crippen molar-refractivity contribution < 1.29 is 8.42 Å². The van der Waals surface area contributed by atoms with Crippen LogP contribution in [0.2, 0.25) is 0 Å². The van der Waals surface area contributed by atoms with Crippen LogP contribution >= 0.6 is 0 Å². The summed E-state index contributed by atoms with van der Waals surface area (Å²) in [5, 5.41) is 0. The summed E-state index contributed by atoms with van der Waals surface area (Å²) in [7, 11) is -2.78. The Morgan fingerprint density at radius 1 is 1.44 bits per heavy atom. The molecule has 0 amide bonds. The highest BCUT2D eigenvalue weighted by molar-refractivity contribution is 7.93. The Hall–Kier alpha value is -0.0500. The summed E-state index contributed by atoms with van der Waals surface area (Å²) in [5.74, 6) is 0.333. The summed E-state index contributed by atoms with van der Waals surface area (Å²) in [6.07, 6.45) is 2.58. The summed E-state index contributed by atoms with van der Waals surface area (Å²) < 4.78 is 21.5. The van der Waals surface area contributed by atoms with Crippen LogP contribution < -0.4 is 0 Å². The molecular formula is C6H11O2S. The van der Waals surface area contributed by atoms with Crippen molar-refractivity contribution >= 4 is 9.84 Å². The largest absolute Gasteiger partial charge is 0.228 e. The molecule has 0 saturated carbocycles. The molecule has 1 heterocycles. The molecule has 0 atom stereocenters. The van der Waals surface area contributed by atoms with Crippen LogP contribution in [-0.2, 0) is 9.84 Å². The van der Waals surface area contributed by atoms with E-state index in [-0.39, 0.29) is 0 Å². The van der Waals surface area contributed by atoms with E-state index >= 15 is 0 Å². The maximum atomic E-state index is 11.1. The molecule has 1 radical (unpaired) electrons. The molecule has 53 valence electrons. The minimum Gasteiger partial charge on any atom is -0.228 e. The Bertz CT molecular complexity index is 201. The van der Waals surface area contributed by atoms with Crippen molar-refractivity contribution in [2.75, 3.05) is 5.75 Å². The van der Waals surface area contributed by atoms with Gasteiger partial charge >= 0.3 is 0 Å². The molecule has 1 aliphatic rings. The number of rotatable bonds is 0. The van der Waals surface area contributed by atoms with E-state index in [0.29, 0.717) is 5.75 Å². The summed E-state index contributed by atoms with van der Waals surface area (Å²) in [6, 6.07) is 0. The van der Waals surface area contributed by atoms with Crippen LogP contribution in [0.25, 0.3) is 0 Å². The summed E-state index contributed by atoms with van der Waals surface area (Å²) >= 11 is 0. The van der Waals surface area contributed by atoms with Crippen molar-refractivity contribution in [1.29, 1.82) is 0 Å². The van der Waals surface area contributed by atoms with E-state index < -0.39 is 14.6 Å². The Kier molecular flexibility index (Phi) is 1.35. The van der Waals surface area contributed by atoms with E-state index in [1.807, 2.05) is 6.42 Å². The van der Waals surface area contributed by atoms with Crippen molar-refractivity contribution in [2.45, 2.75) is 25.0 Å². The molecule has 1 fully saturated rings. The van der Waals surface area contributed by atoms with Crippen molar-refractivity contribution in [2.24, 2.45) is 0 Å². The average molecular weight is 147 g/mol. The fraction of sp³-hybridized carbons (Fsp3) is 0.833. The van der Waals surface area contributed by atoms with E-state index in [1.165, 1.54) is 0 Å². The Labute approximate surface area is 56.2 Å². The van der Waals surface area contributed by atoms with E-state index in [0.717, 1.165) is 6.42 Å². The zero-order chi connectivity index (χ0) is 7.12. The number of sulfone groups is 1. The highest BCUT2D eigenvalue weighted by Gasteiger charge is 2.38. The molecule has 1 rings (SSSR count). The van der Waals surface area contributed by atoms with Gasteiger partial charge in [-0.2, -0.15) is 0 Å². The van der Waals surface area contributed by atoms with Crippen molar-refractivity contribution in [1.82, 2.24) is 0 Å². The zero-order valence-electron chi connectivity index (χ0n) is 5.72. The minimum absolute atomic E-state index is 0.333. The van der Waals surface area contributed by atoms with Crippen LogP contribution in [0.15, 0.2) is 0 Å². The van der Waals surface area contributed by atoms with Crippen LogP contribution in [0.5, 0.6) is 0 Å². The maximum Gasteiger partial charge on any atom is 0.155 e. The molecule has 9 heavy (non-hydrogen) atoms. The molecule has 1 saturated heterocycles. The predicted octanol–water partition coefficient (Wildman–Crippen LogP) is 0.788. The normalized spacial score (nSPS) is 30.4. The number of hydrogen-bond acceptors (Lipinski definition) is 2. The summed E-state index contributed by atoms with van der Waals surface area (Å²) in [6.45, 7) is 3.49. The van der Waals surface area contributed by atoms with Gasteiger partial charge in [-0.15, -0.1) is 0 Å². The van der Waals surface area contributed by atoms with E-state index in [9.17, 15) is 8.42 Å². The van der Waals surface area contributed by atoms with Crippen molar-refractivity contribution in [3.63, 3.8) is 0 Å². The van der Waals surface area contributed by atoms with Gasteiger partial charge in [0.2, 0.25) is 0 Å². The van der Waals surface area contributed by atoms with E-state index in [4.69, 9.17) is 0 Å².